The summed E-state index contributed by atoms with van der Waals surface area (Å²) < 4.78 is 27.0. The van der Waals surface area contributed by atoms with Gasteiger partial charge in [0.05, 0.1) is 6.04 Å². The molecule has 0 saturated heterocycles. The third kappa shape index (κ3) is 2.53. The van der Waals surface area contributed by atoms with Gasteiger partial charge in [-0.05, 0) is 24.1 Å². The summed E-state index contributed by atoms with van der Waals surface area (Å²) in [4.78, 5) is 0.983. The monoisotopic (exact) mass is 253 g/mol. The van der Waals surface area contributed by atoms with Crippen LogP contribution in [0.3, 0.4) is 0 Å². The first-order valence-corrected chi connectivity index (χ1v) is 6.32. The molecule has 1 aromatic carbocycles. The molecule has 0 aliphatic heterocycles. The molecule has 0 radical (unpaired) electrons. The van der Waals surface area contributed by atoms with Crippen molar-refractivity contribution < 1.29 is 8.78 Å². The van der Waals surface area contributed by atoms with Crippen LogP contribution in [0.1, 0.15) is 23.4 Å². The number of thiophene rings is 1. The van der Waals surface area contributed by atoms with E-state index in [1.807, 2.05) is 24.4 Å². The number of hydrogen-bond acceptors (Lipinski definition) is 2. The van der Waals surface area contributed by atoms with E-state index in [1.165, 1.54) is 17.4 Å². The van der Waals surface area contributed by atoms with Crippen LogP contribution in [0.25, 0.3) is 0 Å². The van der Waals surface area contributed by atoms with Crippen LogP contribution in [0, 0.1) is 11.6 Å². The summed E-state index contributed by atoms with van der Waals surface area (Å²) in [7, 11) is 0. The molecule has 90 valence electrons. The zero-order valence-electron chi connectivity index (χ0n) is 9.41. The molecule has 4 heteroatoms. The Morgan fingerprint density at radius 1 is 1.24 bits per heavy atom. The molecule has 2 rings (SSSR count). The van der Waals surface area contributed by atoms with Crippen LogP contribution in [0.4, 0.5) is 8.78 Å². The zero-order valence-corrected chi connectivity index (χ0v) is 10.2. The lowest BCUT2D eigenvalue weighted by Gasteiger charge is -2.17. The fourth-order valence-electron chi connectivity index (χ4n) is 1.77. The van der Waals surface area contributed by atoms with Crippen molar-refractivity contribution in [2.45, 2.75) is 13.0 Å². The van der Waals surface area contributed by atoms with Gasteiger partial charge in [0.25, 0.3) is 0 Å². The summed E-state index contributed by atoms with van der Waals surface area (Å²) in [5, 5.41) is 5.10. The minimum atomic E-state index is -0.804. The molecule has 0 fully saturated rings. The number of halogens is 2. The first-order valence-electron chi connectivity index (χ1n) is 5.44. The standard InChI is InChI=1S/C13H13F2NS/c1-2-16-13(11-7-4-8-17-11)9-5-3-6-10(14)12(9)15/h3-8,13,16H,2H2,1H3. The van der Waals surface area contributed by atoms with E-state index in [2.05, 4.69) is 5.32 Å². The van der Waals surface area contributed by atoms with E-state index in [0.29, 0.717) is 12.1 Å². The lowest BCUT2D eigenvalue weighted by molar-refractivity contribution is 0.484. The summed E-state index contributed by atoms with van der Waals surface area (Å²) in [5.41, 5.74) is 0.356. The molecule has 1 atom stereocenters. The van der Waals surface area contributed by atoms with Gasteiger partial charge >= 0.3 is 0 Å². The Hall–Kier alpha value is -1.26. The Kier molecular flexibility index (Phi) is 3.86. The molecule has 17 heavy (non-hydrogen) atoms. The molecule has 2 aromatic rings. The van der Waals surface area contributed by atoms with E-state index in [-0.39, 0.29) is 6.04 Å². The molecule has 0 saturated carbocycles. The van der Waals surface area contributed by atoms with Gasteiger partial charge in [-0.1, -0.05) is 25.1 Å². The maximum atomic E-state index is 13.8. The highest BCUT2D eigenvalue weighted by molar-refractivity contribution is 7.10. The van der Waals surface area contributed by atoms with E-state index in [9.17, 15) is 8.78 Å². The summed E-state index contributed by atoms with van der Waals surface area (Å²) in [6, 6.07) is 7.83. The molecule has 1 aromatic heterocycles. The molecule has 0 aliphatic rings. The van der Waals surface area contributed by atoms with Crippen LogP contribution in [-0.4, -0.2) is 6.54 Å². The molecule has 0 aliphatic carbocycles. The molecular weight excluding hydrogens is 240 g/mol. The molecule has 1 nitrogen and oxygen atoms in total. The average Bonchev–Trinajstić information content (AvgIpc) is 2.84. The third-order valence-corrected chi connectivity index (χ3v) is 3.47. The van der Waals surface area contributed by atoms with E-state index >= 15 is 0 Å². The Bertz CT molecular complexity index is 482. The van der Waals surface area contributed by atoms with Gasteiger partial charge in [0.15, 0.2) is 11.6 Å². The lowest BCUT2D eigenvalue weighted by atomic mass is 10.0. The third-order valence-electron chi connectivity index (χ3n) is 2.53. The SMILES string of the molecule is CCNC(c1cccs1)c1cccc(F)c1F. The summed E-state index contributed by atoms with van der Waals surface area (Å²) in [6.45, 7) is 2.64. The molecule has 0 amide bonds. The van der Waals surface area contributed by atoms with Gasteiger partial charge < -0.3 is 5.32 Å². The highest BCUT2D eigenvalue weighted by Crippen LogP contribution is 2.28. The van der Waals surface area contributed by atoms with Crippen molar-refractivity contribution in [3.05, 3.63) is 57.8 Å². The van der Waals surface area contributed by atoms with Crippen molar-refractivity contribution >= 4 is 11.3 Å². The highest BCUT2D eigenvalue weighted by Gasteiger charge is 2.19. The number of hydrogen-bond donors (Lipinski definition) is 1. The van der Waals surface area contributed by atoms with Crippen LogP contribution in [0.5, 0.6) is 0 Å². The van der Waals surface area contributed by atoms with E-state index in [1.54, 1.807) is 6.07 Å². The fourth-order valence-corrected chi connectivity index (χ4v) is 2.58. The van der Waals surface area contributed by atoms with Crippen LogP contribution >= 0.6 is 11.3 Å². The topological polar surface area (TPSA) is 12.0 Å². The summed E-state index contributed by atoms with van der Waals surface area (Å²) in [6.07, 6.45) is 0. The highest BCUT2D eigenvalue weighted by atomic mass is 32.1. The molecule has 1 unspecified atom stereocenters. The molecule has 0 bridgehead atoms. The fraction of sp³-hybridized carbons (Fsp3) is 0.231. The lowest BCUT2D eigenvalue weighted by Crippen LogP contribution is -2.22. The maximum absolute atomic E-state index is 13.8. The second-order valence-corrected chi connectivity index (χ2v) is 4.63. The van der Waals surface area contributed by atoms with Crippen molar-refractivity contribution in [3.63, 3.8) is 0 Å². The van der Waals surface area contributed by atoms with Gasteiger partial charge in [-0.25, -0.2) is 8.78 Å². The molecule has 1 N–H and O–H groups in total. The number of nitrogens with one attached hydrogen (secondary N) is 1. The second-order valence-electron chi connectivity index (χ2n) is 3.65. The maximum Gasteiger partial charge on any atom is 0.163 e. The Morgan fingerprint density at radius 3 is 2.71 bits per heavy atom. The van der Waals surface area contributed by atoms with Crippen molar-refractivity contribution in [2.24, 2.45) is 0 Å². The predicted octanol–water partition coefficient (Wildman–Crippen LogP) is 3.73. The van der Waals surface area contributed by atoms with E-state index < -0.39 is 11.6 Å². The van der Waals surface area contributed by atoms with Gasteiger partial charge in [-0.15, -0.1) is 11.3 Å². The first-order chi connectivity index (χ1) is 8.24. The first kappa shape index (κ1) is 12.2. The molecule has 0 spiro atoms. The quantitative estimate of drug-likeness (QED) is 0.875. The van der Waals surface area contributed by atoms with Gasteiger partial charge in [0.1, 0.15) is 0 Å². The average molecular weight is 253 g/mol. The van der Waals surface area contributed by atoms with Crippen LogP contribution in [0.2, 0.25) is 0 Å². The van der Waals surface area contributed by atoms with Crippen LogP contribution in [0.15, 0.2) is 35.7 Å². The minimum Gasteiger partial charge on any atom is -0.306 e. The zero-order chi connectivity index (χ0) is 12.3. The largest absolute Gasteiger partial charge is 0.306 e. The van der Waals surface area contributed by atoms with Crippen molar-refractivity contribution in [3.8, 4) is 0 Å². The summed E-state index contributed by atoms with van der Waals surface area (Å²) >= 11 is 1.53. The Morgan fingerprint density at radius 2 is 2.06 bits per heavy atom. The van der Waals surface area contributed by atoms with Gasteiger partial charge in [0.2, 0.25) is 0 Å². The second kappa shape index (κ2) is 5.38. The Balaban J connectivity index is 2.43. The van der Waals surface area contributed by atoms with E-state index in [0.717, 1.165) is 10.9 Å². The smallest absolute Gasteiger partial charge is 0.163 e. The van der Waals surface area contributed by atoms with E-state index in [4.69, 9.17) is 0 Å². The number of rotatable bonds is 4. The Labute approximate surface area is 103 Å². The van der Waals surface area contributed by atoms with Crippen molar-refractivity contribution in [1.82, 2.24) is 5.32 Å². The van der Waals surface area contributed by atoms with Crippen molar-refractivity contribution in [1.29, 1.82) is 0 Å². The molecule has 1 heterocycles. The van der Waals surface area contributed by atoms with Crippen LogP contribution < -0.4 is 5.32 Å². The normalized spacial score (nSPS) is 12.6. The van der Waals surface area contributed by atoms with Gasteiger partial charge in [0, 0.05) is 10.4 Å². The predicted molar refractivity (Wildman–Crippen MR) is 66.2 cm³/mol. The van der Waals surface area contributed by atoms with Crippen LogP contribution in [-0.2, 0) is 0 Å². The number of benzene rings is 1. The summed E-state index contributed by atoms with van der Waals surface area (Å²) in [5.74, 6) is -1.58. The molecular formula is C13H13F2NS. The van der Waals surface area contributed by atoms with Gasteiger partial charge in [-0.3, -0.25) is 0 Å². The van der Waals surface area contributed by atoms with Crippen molar-refractivity contribution in [2.75, 3.05) is 6.54 Å². The minimum absolute atomic E-state index is 0.282. The van der Waals surface area contributed by atoms with Gasteiger partial charge in [-0.2, -0.15) is 0 Å².